The minimum atomic E-state index is -1.21. The van der Waals surface area contributed by atoms with Gasteiger partial charge in [-0.2, -0.15) is 0 Å². The molecule has 0 saturated heterocycles. The molecular weight excluding hydrogens is 1040 g/mol. The van der Waals surface area contributed by atoms with Gasteiger partial charge in [0.25, 0.3) is 0 Å². The summed E-state index contributed by atoms with van der Waals surface area (Å²) in [4.78, 5) is 23.6. The lowest BCUT2D eigenvalue weighted by Crippen LogP contribution is -2.32. The number of carboxylic acids is 1. The molecule has 0 aromatic rings. The number of carbonyl (C=O) groups excluding carboxylic acids is 1. The highest BCUT2D eigenvalue weighted by molar-refractivity contribution is 5.86. The molecule has 0 saturated carbocycles. The van der Waals surface area contributed by atoms with E-state index in [1.165, 1.54) is 37.3 Å². The Morgan fingerprint density at radius 2 is 0.901 bits per heavy atom. The van der Waals surface area contributed by atoms with Crippen molar-refractivity contribution in [2.45, 2.75) is 203 Å². The van der Waals surface area contributed by atoms with Gasteiger partial charge in [0.05, 0.1) is 79.4 Å². The largest absolute Gasteiger partial charge is 0.478 e. The van der Waals surface area contributed by atoms with Gasteiger partial charge in [-0.05, 0) is 90.5 Å². The number of ketones is 1. The quantitative estimate of drug-likeness (QED) is 0.0151. The van der Waals surface area contributed by atoms with Gasteiger partial charge >= 0.3 is 5.97 Å². The molecule has 0 aliphatic heterocycles. The Bertz CT molecular complexity index is 2070. The second kappa shape index (κ2) is 47.7. The van der Waals surface area contributed by atoms with Crippen LogP contribution >= 0.6 is 0 Å². The predicted octanol–water partition coefficient (Wildman–Crippen LogP) is 5.67. The Labute approximate surface area is 482 Å². The van der Waals surface area contributed by atoms with Crippen LogP contribution in [0.3, 0.4) is 0 Å². The minimum Gasteiger partial charge on any atom is -0.478 e. The topological polar surface area (TPSA) is 343 Å². The molecule has 0 amide bonds. The zero-order valence-electron chi connectivity index (χ0n) is 48.1. The lowest BCUT2D eigenvalue weighted by atomic mass is 9.88. The zero-order chi connectivity index (χ0) is 61.0. The third-order valence-corrected chi connectivity index (χ3v) is 13.2. The number of aliphatic hydroxyl groups is 13. The molecule has 458 valence electrons. The maximum atomic E-state index is 12.8. The summed E-state index contributed by atoms with van der Waals surface area (Å²) in [6, 6.07) is 0. The van der Waals surface area contributed by atoms with Gasteiger partial charge in [-0.25, -0.2) is 4.79 Å². The van der Waals surface area contributed by atoms with E-state index in [1.807, 2.05) is 43.4 Å². The van der Waals surface area contributed by atoms with Crippen LogP contribution < -0.4 is 5.73 Å². The van der Waals surface area contributed by atoms with Crippen LogP contribution in [0.25, 0.3) is 0 Å². The first kappa shape index (κ1) is 76.2. The summed E-state index contributed by atoms with van der Waals surface area (Å²) in [5.41, 5.74) is 5.69. The maximum absolute atomic E-state index is 12.8. The number of allylic oxidation sites excluding steroid dienone is 16. The molecule has 0 aromatic carbocycles. The van der Waals surface area contributed by atoms with Gasteiger partial charge < -0.3 is 77.2 Å². The first-order chi connectivity index (χ1) is 38.5. The lowest BCUT2D eigenvalue weighted by Gasteiger charge is -2.25. The number of unbranched alkanes of at least 4 members (excludes halogenated alkanes) is 1. The molecule has 0 unspecified atom stereocenters. The third-order valence-electron chi connectivity index (χ3n) is 13.2. The molecule has 81 heavy (non-hydrogen) atoms. The highest BCUT2D eigenvalue weighted by Gasteiger charge is 2.26. The van der Waals surface area contributed by atoms with E-state index in [-0.39, 0.29) is 87.9 Å². The molecule has 17 heteroatoms. The maximum Gasteiger partial charge on any atom is 0.331 e. The van der Waals surface area contributed by atoms with Crippen LogP contribution in [0.15, 0.2) is 157 Å². The molecule has 0 aliphatic rings. The van der Waals surface area contributed by atoms with E-state index in [4.69, 9.17) is 10.8 Å². The first-order valence-electron chi connectivity index (χ1n) is 28.4. The highest BCUT2D eigenvalue weighted by Crippen LogP contribution is 2.20. The Morgan fingerprint density at radius 3 is 1.47 bits per heavy atom. The molecule has 0 heterocycles. The summed E-state index contributed by atoms with van der Waals surface area (Å²) in [6.07, 6.45) is 33.0. The molecule has 0 bridgehead atoms. The summed E-state index contributed by atoms with van der Waals surface area (Å²) in [6.45, 7) is 7.25. The summed E-state index contributed by atoms with van der Waals surface area (Å²) >= 11 is 0. The molecule has 16 atom stereocenters. The van der Waals surface area contributed by atoms with Crippen LogP contribution in [0.5, 0.6) is 0 Å². The molecule has 17 nitrogen and oxygen atoms in total. The van der Waals surface area contributed by atoms with E-state index in [0.717, 1.165) is 12.8 Å². The van der Waals surface area contributed by atoms with Crippen LogP contribution in [0.4, 0.5) is 0 Å². The normalized spacial score (nSPS) is 19.6. The first-order valence-corrected chi connectivity index (χ1v) is 28.4. The Balaban J connectivity index is 4.51. The van der Waals surface area contributed by atoms with Crippen molar-refractivity contribution in [3.63, 3.8) is 0 Å². The summed E-state index contributed by atoms with van der Waals surface area (Å²) < 4.78 is 0. The lowest BCUT2D eigenvalue weighted by molar-refractivity contribution is -0.132. The van der Waals surface area contributed by atoms with Gasteiger partial charge in [0, 0.05) is 42.6 Å². The molecule has 0 aromatic heterocycles. The Hall–Kier alpha value is -4.80. The number of nitrogens with two attached hydrogens (primary N) is 1. The number of aliphatic hydroxyl groups excluding tert-OH is 13. The fraction of sp³-hybridized carbons (Fsp3) is 0.562. The number of hydrogen-bond donors (Lipinski definition) is 15. The summed E-state index contributed by atoms with van der Waals surface area (Å²) in [5, 5.41) is 144. The molecule has 0 spiro atoms. The van der Waals surface area contributed by atoms with Crippen molar-refractivity contribution in [3.8, 4) is 0 Å². The van der Waals surface area contributed by atoms with E-state index < -0.39 is 97.2 Å². The average molecular weight is 1140 g/mol. The standard InChI is InChI=1S/C64H101NO16/c1-46(27-19-15-11-7-5-8-12-16-20-28-47(2)64(80)81)63(79)49(4)61(77)37-22-18-14-10-6-9-13-17-21-36-60(76)48(3)62(78)45-59(75)44-58(74)42-54(70)34-25-33-53(69)41-57(73)43-56(72)40-52(68)32-24-30-50(66)29-23-31-51(67)39-55(71)35-26-38-65/h5-10,12-14,16-25,27-29,32,34,37,46,48-61,63,66-77,79H,11,15,26,30-31,33,35-36,38-45,65H2,1-4H3,(H,80,81)/b7-5+,10-6-,12-8+,13-9-,18-14+,20-16+,21-17+,27-19+,29-23+,32-24+,34-25+,37-22+,47-28+/t46-,48-,49-,50+,51+,52+,53+,54+,55-,56-,57+,58-,59-,60+,61+,63+/m1/s1. The predicted molar refractivity (Wildman–Crippen MR) is 320 cm³/mol. The van der Waals surface area contributed by atoms with Crippen molar-refractivity contribution >= 4 is 11.8 Å². The van der Waals surface area contributed by atoms with Crippen LogP contribution in [0.1, 0.15) is 124 Å². The molecular formula is C64H101NO16. The van der Waals surface area contributed by atoms with Crippen LogP contribution in [0, 0.1) is 17.8 Å². The molecule has 0 fully saturated rings. The van der Waals surface area contributed by atoms with E-state index in [0.29, 0.717) is 19.4 Å². The molecule has 16 N–H and O–H groups in total. The van der Waals surface area contributed by atoms with Crippen LogP contribution in [0.2, 0.25) is 0 Å². The molecule has 0 rings (SSSR count). The average Bonchev–Trinajstić information content (AvgIpc) is 3.40. The second-order valence-corrected chi connectivity index (χ2v) is 20.9. The Kier molecular flexibility index (Phi) is 44.8. The summed E-state index contributed by atoms with van der Waals surface area (Å²) in [5.74, 6) is -2.67. The number of hydrogen-bond acceptors (Lipinski definition) is 16. The SMILES string of the molecule is C\C(=C/C=C/C=C/C=C/CC/C=C/[C@@H](C)[C@H](O)[C@H](C)[C@@H](O)/C=C/C=C/C=C\C=C/C=C/C[C@H](O)[C@@H](C)C(=O)C[C@H](O)C[C@H](O)C[C@@H](O)/C=C/C[C@H](O)C[C@H](O)C[C@H](O)C[C@@H](O)/C=C/C[C@@H](O)/C=C/C[C@H](O)C[C@H](O)CCCN)C(=O)O. The van der Waals surface area contributed by atoms with E-state index in [2.05, 4.69) is 0 Å². The van der Waals surface area contributed by atoms with Gasteiger partial charge in [0.15, 0.2) is 0 Å². The van der Waals surface area contributed by atoms with Gasteiger partial charge in [-0.15, -0.1) is 0 Å². The van der Waals surface area contributed by atoms with Gasteiger partial charge in [0.1, 0.15) is 5.78 Å². The number of Topliss-reactive ketones (excluding diaryl/α,β-unsaturated/α-hetero) is 1. The number of aliphatic carboxylic acids is 1. The zero-order valence-corrected chi connectivity index (χ0v) is 48.1. The van der Waals surface area contributed by atoms with Crippen molar-refractivity contribution in [3.05, 3.63) is 157 Å². The highest BCUT2D eigenvalue weighted by atomic mass is 16.4. The van der Waals surface area contributed by atoms with E-state index in [9.17, 15) is 76.0 Å². The fourth-order valence-electron chi connectivity index (χ4n) is 8.05. The Morgan fingerprint density at radius 1 is 0.444 bits per heavy atom. The number of carbonyl (C=O) groups is 2. The van der Waals surface area contributed by atoms with Crippen molar-refractivity contribution in [2.75, 3.05) is 6.54 Å². The smallest absolute Gasteiger partial charge is 0.331 e. The third kappa shape index (κ3) is 42.6. The second-order valence-electron chi connectivity index (χ2n) is 20.9. The fourth-order valence-corrected chi connectivity index (χ4v) is 8.05. The van der Waals surface area contributed by atoms with Crippen molar-refractivity contribution in [1.29, 1.82) is 0 Å². The molecule has 0 radical (unpaired) electrons. The van der Waals surface area contributed by atoms with Crippen LogP contribution in [-0.2, 0) is 9.59 Å². The van der Waals surface area contributed by atoms with Crippen molar-refractivity contribution < 1.29 is 81.1 Å². The number of carboxylic acid groups (broad SMARTS) is 1. The minimum absolute atomic E-state index is 0.0527. The van der Waals surface area contributed by atoms with Gasteiger partial charge in [-0.1, -0.05) is 173 Å². The van der Waals surface area contributed by atoms with E-state index in [1.54, 1.807) is 98.9 Å². The molecule has 0 aliphatic carbocycles. The van der Waals surface area contributed by atoms with Crippen molar-refractivity contribution in [2.24, 2.45) is 23.5 Å². The summed E-state index contributed by atoms with van der Waals surface area (Å²) in [7, 11) is 0. The van der Waals surface area contributed by atoms with Crippen LogP contribution in [-0.4, -0.2) is 169 Å². The van der Waals surface area contributed by atoms with E-state index >= 15 is 0 Å². The van der Waals surface area contributed by atoms with Crippen molar-refractivity contribution in [1.82, 2.24) is 0 Å². The monoisotopic (exact) mass is 1140 g/mol. The number of rotatable bonds is 46. The van der Waals surface area contributed by atoms with Gasteiger partial charge in [0.2, 0.25) is 0 Å². The van der Waals surface area contributed by atoms with Gasteiger partial charge in [-0.3, -0.25) is 4.79 Å².